The Morgan fingerprint density at radius 3 is 2.62 bits per heavy atom. The topological polar surface area (TPSA) is 79.0 Å². The van der Waals surface area contributed by atoms with Crippen LogP contribution in [0.4, 0.5) is 0 Å². The Hall–Kier alpha value is -1.85. The first kappa shape index (κ1) is 20.5. The lowest BCUT2D eigenvalue weighted by atomic mass is 10.2. The van der Waals surface area contributed by atoms with Gasteiger partial charge in [0.15, 0.2) is 5.16 Å². The molecule has 0 aliphatic heterocycles. The monoisotopic (exact) mass is 392 g/mol. The van der Waals surface area contributed by atoms with Gasteiger partial charge >= 0.3 is 0 Å². The van der Waals surface area contributed by atoms with E-state index in [-0.39, 0.29) is 17.5 Å². The Labute approximate surface area is 161 Å². The van der Waals surface area contributed by atoms with Gasteiger partial charge in [0.2, 0.25) is 5.91 Å². The molecule has 0 spiro atoms. The molecule has 2 heterocycles. The van der Waals surface area contributed by atoms with Gasteiger partial charge in [-0.1, -0.05) is 11.8 Å². The van der Waals surface area contributed by atoms with Crippen LogP contribution in [0.25, 0.3) is 10.2 Å². The van der Waals surface area contributed by atoms with Crippen molar-refractivity contribution in [3.63, 3.8) is 0 Å². The standard InChI is InChI=1S/C18H24N4O2S2/c1-10(2)22-17(24)14-11(3)12(4)25-15(14)20-18(22)26-13(5)16(23)21(6)9-7-8-19/h10,13H,7,9H2,1-6H3/t13-/m0/s1. The van der Waals surface area contributed by atoms with E-state index in [2.05, 4.69) is 0 Å². The maximum absolute atomic E-state index is 13.0. The van der Waals surface area contributed by atoms with Gasteiger partial charge in [-0.2, -0.15) is 5.26 Å². The largest absolute Gasteiger partial charge is 0.344 e. The van der Waals surface area contributed by atoms with Gasteiger partial charge in [-0.15, -0.1) is 11.3 Å². The Kier molecular flexibility index (Phi) is 6.48. The van der Waals surface area contributed by atoms with Crippen molar-refractivity contribution in [3.05, 3.63) is 20.8 Å². The molecular formula is C18H24N4O2S2. The highest BCUT2D eigenvalue weighted by molar-refractivity contribution is 8.00. The molecule has 2 aromatic heterocycles. The summed E-state index contributed by atoms with van der Waals surface area (Å²) in [5.41, 5.74) is 0.931. The summed E-state index contributed by atoms with van der Waals surface area (Å²) in [6.45, 7) is 10.0. The first-order valence-corrected chi connectivity index (χ1v) is 10.2. The van der Waals surface area contributed by atoms with Crippen LogP contribution in [0.3, 0.4) is 0 Å². The van der Waals surface area contributed by atoms with Crippen molar-refractivity contribution in [3.8, 4) is 6.07 Å². The quantitative estimate of drug-likeness (QED) is 0.555. The van der Waals surface area contributed by atoms with Crippen LogP contribution in [0.1, 0.15) is 43.7 Å². The number of fused-ring (bicyclic) bond motifs is 1. The Morgan fingerprint density at radius 1 is 1.38 bits per heavy atom. The van der Waals surface area contributed by atoms with Crippen molar-refractivity contribution in [2.45, 2.75) is 57.5 Å². The number of carbonyl (C=O) groups excluding carboxylic acids is 1. The minimum Gasteiger partial charge on any atom is -0.344 e. The number of thioether (sulfide) groups is 1. The number of aryl methyl sites for hydroxylation is 2. The average Bonchev–Trinajstić information content (AvgIpc) is 2.85. The number of nitrogens with zero attached hydrogens (tertiary/aromatic N) is 4. The van der Waals surface area contributed by atoms with Gasteiger partial charge in [-0.05, 0) is 40.2 Å². The smallest absolute Gasteiger partial charge is 0.263 e. The van der Waals surface area contributed by atoms with E-state index in [1.807, 2.05) is 40.7 Å². The minimum atomic E-state index is -0.393. The highest BCUT2D eigenvalue weighted by Gasteiger charge is 2.24. The Balaban J connectivity index is 2.43. The van der Waals surface area contributed by atoms with E-state index in [1.54, 1.807) is 16.5 Å². The second-order valence-corrected chi connectivity index (χ2v) is 9.07. The fourth-order valence-corrected chi connectivity index (χ4v) is 4.90. The minimum absolute atomic E-state index is 0.0492. The summed E-state index contributed by atoms with van der Waals surface area (Å²) in [6.07, 6.45) is 0.300. The summed E-state index contributed by atoms with van der Waals surface area (Å²) in [6, 6.07) is 1.99. The number of amides is 1. The van der Waals surface area contributed by atoms with Gasteiger partial charge in [-0.25, -0.2) is 4.98 Å². The molecule has 0 N–H and O–H groups in total. The molecule has 6 nitrogen and oxygen atoms in total. The van der Waals surface area contributed by atoms with E-state index in [9.17, 15) is 9.59 Å². The molecule has 2 rings (SSSR count). The van der Waals surface area contributed by atoms with Gasteiger partial charge in [-0.3, -0.25) is 14.2 Å². The van der Waals surface area contributed by atoms with Crippen LogP contribution in [0.5, 0.6) is 0 Å². The Morgan fingerprint density at radius 2 is 2.04 bits per heavy atom. The molecule has 0 fully saturated rings. The van der Waals surface area contributed by atoms with Gasteiger partial charge in [0.05, 0.1) is 23.1 Å². The lowest BCUT2D eigenvalue weighted by Crippen LogP contribution is -2.34. The van der Waals surface area contributed by atoms with Crippen molar-refractivity contribution < 1.29 is 4.79 Å². The molecule has 0 unspecified atom stereocenters. The van der Waals surface area contributed by atoms with Crippen molar-refractivity contribution in [2.75, 3.05) is 13.6 Å². The summed E-state index contributed by atoms with van der Waals surface area (Å²) in [7, 11) is 1.69. The molecule has 140 valence electrons. The summed E-state index contributed by atoms with van der Waals surface area (Å²) in [5.74, 6) is -0.0755. The molecule has 0 saturated heterocycles. The molecule has 2 aromatic rings. The number of hydrogen-bond acceptors (Lipinski definition) is 6. The maximum Gasteiger partial charge on any atom is 0.263 e. The maximum atomic E-state index is 13.0. The van der Waals surface area contributed by atoms with Gasteiger partial charge in [0.25, 0.3) is 5.56 Å². The zero-order valence-electron chi connectivity index (χ0n) is 16.0. The molecular weight excluding hydrogens is 368 g/mol. The van der Waals surface area contributed by atoms with E-state index in [1.165, 1.54) is 23.1 Å². The van der Waals surface area contributed by atoms with Crippen LogP contribution in [0.2, 0.25) is 0 Å². The van der Waals surface area contributed by atoms with E-state index in [0.717, 1.165) is 15.3 Å². The van der Waals surface area contributed by atoms with Crippen LogP contribution >= 0.6 is 23.1 Å². The van der Waals surface area contributed by atoms with Crippen molar-refractivity contribution in [1.82, 2.24) is 14.5 Å². The average molecular weight is 393 g/mol. The molecule has 1 amide bonds. The molecule has 0 aliphatic rings. The molecule has 0 saturated carbocycles. The molecule has 8 heteroatoms. The van der Waals surface area contributed by atoms with E-state index < -0.39 is 5.25 Å². The summed E-state index contributed by atoms with van der Waals surface area (Å²) < 4.78 is 1.67. The van der Waals surface area contributed by atoms with Gasteiger partial charge in [0, 0.05) is 24.5 Å². The van der Waals surface area contributed by atoms with Crippen LogP contribution in [-0.2, 0) is 4.79 Å². The first-order chi connectivity index (χ1) is 12.2. The summed E-state index contributed by atoms with van der Waals surface area (Å²) in [4.78, 5) is 33.6. The number of rotatable bonds is 6. The first-order valence-electron chi connectivity index (χ1n) is 8.49. The fraction of sp³-hybridized carbons (Fsp3) is 0.556. The van der Waals surface area contributed by atoms with Crippen LogP contribution < -0.4 is 5.56 Å². The molecule has 1 atom stereocenters. The van der Waals surface area contributed by atoms with Crippen molar-refractivity contribution in [1.29, 1.82) is 5.26 Å². The predicted octanol–water partition coefficient (Wildman–Crippen LogP) is 3.51. The molecule has 0 radical (unpaired) electrons. The molecule has 0 aliphatic carbocycles. The normalized spacial score (nSPS) is 12.4. The third kappa shape index (κ3) is 3.94. The fourth-order valence-electron chi connectivity index (χ4n) is 2.67. The SMILES string of the molecule is Cc1sc2nc(S[C@@H](C)C(=O)N(C)CCC#N)n(C(C)C)c(=O)c2c1C. The molecule has 26 heavy (non-hydrogen) atoms. The van der Waals surface area contributed by atoms with Crippen LogP contribution in [0.15, 0.2) is 9.95 Å². The summed E-state index contributed by atoms with van der Waals surface area (Å²) >= 11 is 2.81. The van der Waals surface area contributed by atoms with Crippen LogP contribution in [-0.4, -0.2) is 39.2 Å². The molecule has 0 aromatic carbocycles. The van der Waals surface area contributed by atoms with E-state index in [0.29, 0.717) is 23.5 Å². The number of carbonyl (C=O) groups is 1. The number of hydrogen-bond donors (Lipinski definition) is 0. The zero-order chi connectivity index (χ0) is 19.6. The number of nitriles is 1. The van der Waals surface area contributed by atoms with Gasteiger partial charge in [0.1, 0.15) is 4.83 Å². The van der Waals surface area contributed by atoms with Crippen molar-refractivity contribution in [2.24, 2.45) is 0 Å². The zero-order valence-corrected chi connectivity index (χ0v) is 17.6. The summed E-state index contributed by atoms with van der Waals surface area (Å²) in [5, 5.41) is 9.53. The Bertz CT molecular complexity index is 924. The van der Waals surface area contributed by atoms with E-state index in [4.69, 9.17) is 10.2 Å². The van der Waals surface area contributed by atoms with Crippen LogP contribution in [0, 0.1) is 25.2 Å². The predicted molar refractivity (Wildman–Crippen MR) is 107 cm³/mol. The number of aromatic nitrogens is 2. The lowest BCUT2D eigenvalue weighted by Gasteiger charge is -2.21. The van der Waals surface area contributed by atoms with E-state index >= 15 is 0 Å². The van der Waals surface area contributed by atoms with Crippen molar-refractivity contribution >= 4 is 39.2 Å². The number of thiophene rings is 1. The third-order valence-corrected chi connectivity index (χ3v) is 6.44. The second kappa shape index (κ2) is 8.23. The third-order valence-electron chi connectivity index (χ3n) is 4.28. The second-order valence-electron chi connectivity index (χ2n) is 6.55. The highest BCUT2D eigenvalue weighted by atomic mass is 32.2. The highest BCUT2D eigenvalue weighted by Crippen LogP contribution is 2.31. The lowest BCUT2D eigenvalue weighted by molar-refractivity contribution is -0.128. The molecule has 0 bridgehead atoms. The van der Waals surface area contributed by atoms with Gasteiger partial charge < -0.3 is 4.90 Å².